The number of nitrogens with zero attached hydrogens (tertiary/aromatic N) is 1. The lowest BCUT2D eigenvalue weighted by Crippen LogP contribution is -1.93. The van der Waals surface area contributed by atoms with Crippen molar-refractivity contribution in [1.29, 1.82) is 0 Å². The summed E-state index contributed by atoms with van der Waals surface area (Å²) in [7, 11) is 0. The van der Waals surface area contributed by atoms with Crippen LogP contribution in [0.5, 0.6) is 0 Å². The maximum Gasteiger partial charge on any atom is 0.112 e. The van der Waals surface area contributed by atoms with Gasteiger partial charge in [0.2, 0.25) is 0 Å². The Bertz CT molecular complexity index is 502. The van der Waals surface area contributed by atoms with E-state index in [1.807, 2.05) is 12.1 Å². The molecule has 0 aliphatic heterocycles. The fourth-order valence-electron chi connectivity index (χ4n) is 1.70. The third-order valence-electron chi connectivity index (χ3n) is 2.59. The third-order valence-corrected chi connectivity index (χ3v) is 3.05. The highest BCUT2D eigenvalue weighted by Gasteiger charge is 2.07. The van der Waals surface area contributed by atoms with Gasteiger partial charge in [-0.05, 0) is 24.5 Å². The second-order valence-corrected chi connectivity index (χ2v) is 5.42. The number of halogens is 1. The minimum atomic E-state index is 0.692. The summed E-state index contributed by atoms with van der Waals surface area (Å²) in [5, 5.41) is 0. The average Bonchev–Trinajstić information content (AvgIpc) is 2.57. The van der Waals surface area contributed by atoms with Crippen molar-refractivity contribution in [3.63, 3.8) is 0 Å². The lowest BCUT2D eigenvalue weighted by atomic mass is 10.1. The molecule has 0 atom stereocenters. The molecule has 0 spiro atoms. The van der Waals surface area contributed by atoms with Crippen LogP contribution in [0.15, 0.2) is 16.6 Å². The van der Waals surface area contributed by atoms with E-state index in [2.05, 4.69) is 39.7 Å². The van der Waals surface area contributed by atoms with Gasteiger partial charge in [-0.3, -0.25) is 0 Å². The van der Waals surface area contributed by atoms with Crippen LogP contribution in [0.4, 0.5) is 5.69 Å². The van der Waals surface area contributed by atoms with Crippen LogP contribution in [0, 0.1) is 5.92 Å². The second kappa shape index (κ2) is 4.45. The average molecular weight is 282 g/mol. The Hall–Kier alpha value is -1.03. The van der Waals surface area contributed by atoms with Gasteiger partial charge in [0, 0.05) is 10.9 Å². The molecule has 0 fully saturated rings. The molecular formula is C12H16BrN3. The van der Waals surface area contributed by atoms with Crippen molar-refractivity contribution in [2.75, 3.05) is 5.73 Å². The van der Waals surface area contributed by atoms with Crippen molar-refractivity contribution >= 4 is 32.7 Å². The number of H-pyrrole nitrogens is 1. The number of aryl methyl sites for hydroxylation is 1. The van der Waals surface area contributed by atoms with Crippen molar-refractivity contribution in [1.82, 2.24) is 9.97 Å². The van der Waals surface area contributed by atoms with Crippen LogP contribution in [0.25, 0.3) is 11.0 Å². The number of nitrogen functional groups attached to an aromatic ring is 1. The summed E-state index contributed by atoms with van der Waals surface area (Å²) < 4.78 is 0.983. The molecule has 0 radical (unpaired) electrons. The fourth-order valence-corrected chi connectivity index (χ4v) is 2.18. The molecule has 4 heteroatoms. The molecule has 1 heterocycles. The number of aromatic amines is 1. The van der Waals surface area contributed by atoms with Crippen molar-refractivity contribution < 1.29 is 0 Å². The van der Waals surface area contributed by atoms with Crippen LogP contribution in [-0.4, -0.2) is 9.97 Å². The summed E-state index contributed by atoms with van der Waals surface area (Å²) in [6, 6.07) is 3.90. The number of hydrogen-bond acceptors (Lipinski definition) is 2. The number of nitrogens with two attached hydrogens (primary N) is 1. The Morgan fingerprint density at radius 1 is 1.44 bits per heavy atom. The maximum absolute atomic E-state index is 5.91. The van der Waals surface area contributed by atoms with Gasteiger partial charge in [0.1, 0.15) is 11.3 Å². The summed E-state index contributed by atoms with van der Waals surface area (Å²) in [4.78, 5) is 7.84. The van der Waals surface area contributed by atoms with Gasteiger partial charge in [-0.1, -0.05) is 29.8 Å². The monoisotopic (exact) mass is 281 g/mol. The van der Waals surface area contributed by atoms with Gasteiger partial charge in [0.15, 0.2) is 0 Å². The van der Waals surface area contributed by atoms with Crippen LogP contribution < -0.4 is 5.73 Å². The lowest BCUT2D eigenvalue weighted by molar-refractivity contribution is 0.577. The largest absolute Gasteiger partial charge is 0.397 e. The molecule has 0 saturated heterocycles. The van der Waals surface area contributed by atoms with Crippen molar-refractivity contribution in [3.8, 4) is 0 Å². The number of nitrogens with one attached hydrogen (secondary N) is 1. The van der Waals surface area contributed by atoms with Crippen molar-refractivity contribution in [2.24, 2.45) is 5.92 Å². The van der Waals surface area contributed by atoms with E-state index in [-0.39, 0.29) is 0 Å². The van der Waals surface area contributed by atoms with Gasteiger partial charge >= 0.3 is 0 Å². The second-order valence-electron chi connectivity index (χ2n) is 4.51. The zero-order valence-electron chi connectivity index (χ0n) is 9.55. The van der Waals surface area contributed by atoms with E-state index in [1.165, 1.54) is 0 Å². The highest BCUT2D eigenvalue weighted by atomic mass is 79.9. The highest BCUT2D eigenvalue weighted by Crippen LogP contribution is 2.24. The maximum atomic E-state index is 5.91. The number of rotatable bonds is 3. The molecule has 3 N–H and O–H groups in total. The van der Waals surface area contributed by atoms with E-state index in [0.717, 1.165) is 39.9 Å². The number of hydrogen-bond donors (Lipinski definition) is 2. The quantitative estimate of drug-likeness (QED) is 0.846. The van der Waals surface area contributed by atoms with Crippen molar-refractivity contribution in [3.05, 3.63) is 22.4 Å². The topological polar surface area (TPSA) is 54.7 Å². The molecule has 3 nitrogen and oxygen atoms in total. The minimum Gasteiger partial charge on any atom is -0.397 e. The number of benzene rings is 1. The molecule has 86 valence electrons. The summed E-state index contributed by atoms with van der Waals surface area (Å²) in [6.45, 7) is 4.43. The summed E-state index contributed by atoms with van der Waals surface area (Å²) in [6.07, 6.45) is 2.12. The number of imidazole rings is 1. The lowest BCUT2D eigenvalue weighted by Gasteiger charge is -2.00. The molecular weight excluding hydrogens is 266 g/mol. The molecule has 0 saturated carbocycles. The first-order valence-electron chi connectivity index (χ1n) is 5.50. The zero-order valence-corrected chi connectivity index (χ0v) is 11.1. The van der Waals surface area contributed by atoms with E-state index in [0.29, 0.717) is 5.92 Å². The minimum absolute atomic E-state index is 0.692. The van der Waals surface area contributed by atoms with Crippen LogP contribution >= 0.6 is 15.9 Å². The van der Waals surface area contributed by atoms with Crippen molar-refractivity contribution in [2.45, 2.75) is 26.7 Å². The first kappa shape index (κ1) is 11.5. The summed E-state index contributed by atoms with van der Waals surface area (Å²) in [5.74, 6) is 1.71. The molecule has 0 bridgehead atoms. The Balaban J connectivity index is 2.33. The molecule has 0 aliphatic carbocycles. The molecule has 16 heavy (non-hydrogen) atoms. The summed E-state index contributed by atoms with van der Waals surface area (Å²) in [5.41, 5.74) is 8.51. The molecule has 0 unspecified atom stereocenters. The van der Waals surface area contributed by atoms with E-state index >= 15 is 0 Å². The number of anilines is 1. The van der Waals surface area contributed by atoms with E-state index < -0.39 is 0 Å². The molecule has 1 aromatic heterocycles. The number of fused-ring (bicyclic) bond motifs is 1. The van der Waals surface area contributed by atoms with Gasteiger partial charge in [0.05, 0.1) is 11.2 Å². The van der Waals surface area contributed by atoms with Gasteiger partial charge in [-0.2, -0.15) is 0 Å². The molecule has 0 aliphatic rings. The molecule has 2 rings (SSSR count). The van der Waals surface area contributed by atoms with Crippen LogP contribution in [0.1, 0.15) is 26.1 Å². The van der Waals surface area contributed by atoms with Gasteiger partial charge in [0.25, 0.3) is 0 Å². The predicted molar refractivity (Wildman–Crippen MR) is 71.4 cm³/mol. The smallest absolute Gasteiger partial charge is 0.112 e. The van der Waals surface area contributed by atoms with E-state index in [1.54, 1.807) is 0 Å². The molecule has 1 aromatic carbocycles. The Morgan fingerprint density at radius 2 is 2.19 bits per heavy atom. The van der Waals surface area contributed by atoms with Gasteiger partial charge in [-0.15, -0.1) is 0 Å². The molecule has 0 amide bonds. The van der Waals surface area contributed by atoms with Gasteiger partial charge in [-0.25, -0.2) is 4.98 Å². The van der Waals surface area contributed by atoms with E-state index in [9.17, 15) is 0 Å². The first-order valence-corrected chi connectivity index (χ1v) is 6.29. The highest BCUT2D eigenvalue weighted by molar-refractivity contribution is 9.10. The molecule has 2 aromatic rings. The fraction of sp³-hybridized carbons (Fsp3) is 0.417. The third kappa shape index (κ3) is 2.38. The Labute approximate surface area is 104 Å². The number of aromatic nitrogens is 2. The standard InChI is InChI=1S/C12H16BrN3/c1-7(2)3-4-11-15-10-6-8(13)5-9(14)12(10)16-11/h5-7H,3-4,14H2,1-2H3,(H,15,16). The zero-order chi connectivity index (χ0) is 11.7. The van der Waals surface area contributed by atoms with E-state index in [4.69, 9.17) is 5.73 Å². The normalized spacial score (nSPS) is 11.5. The van der Waals surface area contributed by atoms with Crippen LogP contribution in [-0.2, 0) is 6.42 Å². The Morgan fingerprint density at radius 3 is 2.88 bits per heavy atom. The Kier molecular flexibility index (Phi) is 3.19. The van der Waals surface area contributed by atoms with Crippen LogP contribution in [0.3, 0.4) is 0 Å². The van der Waals surface area contributed by atoms with Gasteiger partial charge < -0.3 is 10.7 Å². The SMILES string of the molecule is CC(C)CCc1nc2c(N)cc(Br)cc2[nH]1. The summed E-state index contributed by atoms with van der Waals surface area (Å²) >= 11 is 3.43. The van der Waals surface area contributed by atoms with Crippen LogP contribution in [0.2, 0.25) is 0 Å². The predicted octanol–water partition coefficient (Wildman–Crippen LogP) is 3.50. The first-order chi connectivity index (χ1) is 7.56.